The number of hydrogen-bond acceptors (Lipinski definition) is 5. The summed E-state index contributed by atoms with van der Waals surface area (Å²) in [6, 6.07) is 0. The Labute approximate surface area is 92.1 Å². The molecule has 0 radical (unpaired) electrons. The minimum absolute atomic E-state index is 0. The summed E-state index contributed by atoms with van der Waals surface area (Å²) >= 11 is 0. The first-order valence-corrected chi connectivity index (χ1v) is 3.89. The summed E-state index contributed by atoms with van der Waals surface area (Å²) in [5.74, 6) is -0.659. The Morgan fingerprint density at radius 1 is 1.47 bits per heavy atom. The molecule has 1 amide bonds. The van der Waals surface area contributed by atoms with Crippen molar-refractivity contribution < 1.29 is 9.18 Å². The van der Waals surface area contributed by atoms with Crippen LogP contribution in [0.2, 0.25) is 0 Å². The van der Waals surface area contributed by atoms with Gasteiger partial charge in [0.1, 0.15) is 0 Å². The molecule has 1 heterocycles. The lowest BCUT2D eigenvalue weighted by molar-refractivity contribution is -0.119. The number of carbonyl (C=O) groups excluding carboxylic acids is 1. The molecule has 0 fully saturated rings. The Morgan fingerprint density at radius 2 is 2.07 bits per heavy atom. The van der Waals surface area contributed by atoms with E-state index in [1.807, 2.05) is 0 Å². The predicted octanol–water partition coefficient (Wildman–Crippen LogP) is -0.300. The minimum Gasteiger partial charge on any atom is -0.311 e. The normalized spacial score (nSPS) is 8.93. The highest BCUT2D eigenvalue weighted by Crippen LogP contribution is 1.95. The topological polar surface area (TPSA) is 78.9 Å². The molecule has 0 saturated carbocycles. The Bertz CT molecular complexity index is 307. The molecule has 0 saturated heterocycles. The zero-order chi connectivity index (χ0) is 10.4. The average Bonchev–Trinajstić information content (AvgIpc) is 2.17. The largest absolute Gasteiger partial charge is 0.311 e. The minimum atomic E-state index is -0.530. The fourth-order valence-electron chi connectivity index (χ4n) is 0.707. The Balaban J connectivity index is 0.00000196. The van der Waals surface area contributed by atoms with Gasteiger partial charge in [-0.2, -0.15) is 0 Å². The molecular weight excluding hydrogens is 225 g/mol. The second kappa shape index (κ2) is 6.91. The molecular formula is C7H11ClFN5O. The van der Waals surface area contributed by atoms with E-state index in [9.17, 15) is 9.18 Å². The lowest BCUT2D eigenvalue weighted by Gasteiger charge is -2.05. The van der Waals surface area contributed by atoms with Gasteiger partial charge < -0.3 is 5.32 Å². The molecule has 0 spiro atoms. The van der Waals surface area contributed by atoms with Gasteiger partial charge >= 0.3 is 0 Å². The van der Waals surface area contributed by atoms with Gasteiger partial charge in [0.2, 0.25) is 5.95 Å². The molecule has 0 aromatic carbocycles. The molecule has 0 atom stereocenters. The van der Waals surface area contributed by atoms with Gasteiger partial charge in [-0.25, -0.2) is 14.4 Å². The smallest absolute Gasteiger partial charge is 0.252 e. The van der Waals surface area contributed by atoms with Crippen molar-refractivity contribution in [1.82, 2.24) is 20.7 Å². The molecule has 1 aromatic heterocycles. The van der Waals surface area contributed by atoms with E-state index in [1.165, 1.54) is 0 Å². The molecule has 6 nitrogen and oxygen atoms in total. The van der Waals surface area contributed by atoms with Crippen LogP contribution in [0.5, 0.6) is 0 Å². The van der Waals surface area contributed by atoms with Crippen molar-refractivity contribution in [3.63, 3.8) is 0 Å². The van der Waals surface area contributed by atoms with Gasteiger partial charge in [0.05, 0.1) is 18.9 Å². The molecule has 84 valence electrons. The highest BCUT2D eigenvalue weighted by atomic mass is 35.5. The quantitative estimate of drug-likeness (QED) is 0.625. The van der Waals surface area contributed by atoms with Gasteiger partial charge in [-0.05, 0) is 7.05 Å². The average molecular weight is 236 g/mol. The monoisotopic (exact) mass is 235 g/mol. The van der Waals surface area contributed by atoms with Crippen LogP contribution in [0.25, 0.3) is 0 Å². The van der Waals surface area contributed by atoms with E-state index in [0.29, 0.717) is 0 Å². The number of nitrogens with zero attached hydrogens (tertiary/aromatic N) is 2. The van der Waals surface area contributed by atoms with Crippen molar-refractivity contribution in [2.24, 2.45) is 0 Å². The van der Waals surface area contributed by atoms with Gasteiger partial charge in [-0.3, -0.25) is 15.6 Å². The van der Waals surface area contributed by atoms with Gasteiger partial charge in [0.25, 0.3) is 5.91 Å². The molecule has 0 aliphatic heterocycles. The van der Waals surface area contributed by atoms with Crippen LogP contribution in [0.3, 0.4) is 0 Å². The SMILES string of the molecule is CNCC(=O)NNc1ncc(F)cn1.Cl. The number of carbonyl (C=O) groups is 1. The summed E-state index contributed by atoms with van der Waals surface area (Å²) in [4.78, 5) is 18.1. The van der Waals surface area contributed by atoms with Crippen molar-refractivity contribution in [2.75, 3.05) is 19.0 Å². The predicted molar refractivity (Wildman–Crippen MR) is 54.9 cm³/mol. The van der Waals surface area contributed by atoms with Crippen LogP contribution < -0.4 is 16.2 Å². The molecule has 0 bridgehead atoms. The van der Waals surface area contributed by atoms with Crippen molar-refractivity contribution in [3.05, 3.63) is 18.2 Å². The summed E-state index contributed by atoms with van der Waals surface area (Å²) < 4.78 is 12.4. The van der Waals surface area contributed by atoms with Crippen LogP contribution >= 0.6 is 12.4 Å². The van der Waals surface area contributed by atoms with Crippen LogP contribution in [0, 0.1) is 5.82 Å². The third-order valence-electron chi connectivity index (χ3n) is 1.27. The molecule has 1 rings (SSSR count). The standard InChI is InChI=1S/C7H10FN5O.ClH/c1-9-4-6(14)12-13-7-10-2-5(8)3-11-7;/h2-3,9H,4H2,1H3,(H,12,14)(H,10,11,13);1H. The van der Waals surface area contributed by atoms with E-state index < -0.39 is 5.82 Å². The van der Waals surface area contributed by atoms with E-state index in [1.54, 1.807) is 7.05 Å². The number of hydrogen-bond donors (Lipinski definition) is 3. The van der Waals surface area contributed by atoms with Crippen molar-refractivity contribution in [3.8, 4) is 0 Å². The van der Waals surface area contributed by atoms with E-state index >= 15 is 0 Å². The third kappa shape index (κ3) is 5.08. The number of anilines is 1. The first-order chi connectivity index (χ1) is 6.72. The second-order valence-electron chi connectivity index (χ2n) is 2.43. The van der Waals surface area contributed by atoms with Crippen LogP contribution in [0.4, 0.5) is 10.3 Å². The van der Waals surface area contributed by atoms with Gasteiger partial charge in [-0.15, -0.1) is 12.4 Å². The van der Waals surface area contributed by atoms with Gasteiger partial charge in [0, 0.05) is 0 Å². The summed E-state index contributed by atoms with van der Waals surface area (Å²) in [6.07, 6.45) is 2.00. The number of aromatic nitrogens is 2. The van der Waals surface area contributed by atoms with Gasteiger partial charge in [-0.1, -0.05) is 0 Å². The highest BCUT2D eigenvalue weighted by molar-refractivity contribution is 5.85. The number of halogens is 2. The van der Waals surface area contributed by atoms with Crippen LogP contribution in [-0.4, -0.2) is 29.5 Å². The summed E-state index contributed by atoms with van der Waals surface area (Å²) in [5, 5.41) is 2.66. The lowest BCUT2D eigenvalue weighted by atomic mass is 10.6. The molecule has 15 heavy (non-hydrogen) atoms. The molecule has 0 unspecified atom stereocenters. The van der Waals surface area contributed by atoms with E-state index in [0.717, 1.165) is 12.4 Å². The maximum atomic E-state index is 12.4. The zero-order valence-electron chi connectivity index (χ0n) is 7.95. The number of amides is 1. The Morgan fingerprint density at radius 3 is 2.60 bits per heavy atom. The maximum absolute atomic E-state index is 12.4. The summed E-state index contributed by atoms with van der Waals surface area (Å²) in [5.41, 5.74) is 4.75. The van der Waals surface area contributed by atoms with Crippen LogP contribution in [0.1, 0.15) is 0 Å². The van der Waals surface area contributed by atoms with E-state index in [2.05, 4.69) is 26.1 Å². The molecule has 8 heteroatoms. The first kappa shape index (κ1) is 13.5. The summed E-state index contributed by atoms with van der Waals surface area (Å²) in [7, 11) is 1.65. The van der Waals surface area contributed by atoms with Crippen molar-refractivity contribution in [2.45, 2.75) is 0 Å². The second-order valence-corrected chi connectivity index (χ2v) is 2.43. The highest BCUT2D eigenvalue weighted by Gasteiger charge is 1.99. The fourth-order valence-corrected chi connectivity index (χ4v) is 0.707. The number of rotatable bonds is 4. The maximum Gasteiger partial charge on any atom is 0.252 e. The van der Waals surface area contributed by atoms with Crippen molar-refractivity contribution in [1.29, 1.82) is 0 Å². The molecule has 1 aromatic rings. The van der Waals surface area contributed by atoms with Crippen molar-refractivity contribution >= 4 is 24.3 Å². The molecule has 0 aliphatic rings. The Kier molecular flexibility index (Phi) is 6.23. The number of likely N-dealkylation sites (N-methyl/N-ethyl adjacent to an activating group) is 1. The first-order valence-electron chi connectivity index (χ1n) is 3.89. The van der Waals surface area contributed by atoms with E-state index in [4.69, 9.17) is 0 Å². The fraction of sp³-hybridized carbons (Fsp3) is 0.286. The van der Waals surface area contributed by atoms with Crippen LogP contribution in [-0.2, 0) is 4.79 Å². The van der Waals surface area contributed by atoms with Crippen LogP contribution in [0.15, 0.2) is 12.4 Å². The zero-order valence-corrected chi connectivity index (χ0v) is 8.77. The lowest BCUT2D eigenvalue weighted by Crippen LogP contribution is -2.36. The Hall–Kier alpha value is -1.47. The van der Waals surface area contributed by atoms with Gasteiger partial charge in [0.15, 0.2) is 5.82 Å². The number of nitrogens with one attached hydrogen (secondary N) is 3. The molecule has 3 N–H and O–H groups in total. The van der Waals surface area contributed by atoms with E-state index in [-0.39, 0.29) is 30.8 Å². The summed E-state index contributed by atoms with van der Waals surface area (Å²) in [6.45, 7) is 0.175. The molecule has 0 aliphatic carbocycles. The number of hydrazine groups is 1. The third-order valence-corrected chi connectivity index (χ3v) is 1.27.